The Morgan fingerprint density at radius 1 is 1.50 bits per heavy atom. The Morgan fingerprint density at radius 3 is 2.42 bits per heavy atom. The Morgan fingerprint density at radius 2 is 2.08 bits per heavy atom. The number of carbonyl (C=O) groups is 2. The number of carbonyl (C=O) groups excluding carboxylic acids is 2. The van der Waals surface area contributed by atoms with Gasteiger partial charge in [0.1, 0.15) is 0 Å². The molecule has 0 bridgehead atoms. The number of amides is 1. The number of rotatable bonds is 5. The van der Waals surface area contributed by atoms with Gasteiger partial charge >= 0.3 is 0 Å². The average Bonchev–Trinajstić information content (AvgIpc) is 2.03. The lowest BCUT2D eigenvalue weighted by molar-refractivity contribution is -0.126. The van der Waals surface area contributed by atoms with Crippen LogP contribution in [0.5, 0.6) is 0 Å². The minimum Gasteiger partial charge on any atom is -0.346 e. The summed E-state index contributed by atoms with van der Waals surface area (Å²) in [4.78, 5) is 21.8. The zero-order valence-electron chi connectivity index (χ0n) is 7.46. The molecule has 0 aromatic carbocycles. The molecule has 12 heavy (non-hydrogen) atoms. The van der Waals surface area contributed by atoms with Crippen LogP contribution >= 0.6 is 12.6 Å². The van der Waals surface area contributed by atoms with E-state index in [0.717, 1.165) is 0 Å². The topological polar surface area (TPSA) is 46.2 Å². The number of Topliss-reactive ketones (excluding diaryl/α,β-unsaturated/α-hetero) is 1. The third-order valence-corrected chi connectivity index (χ3v) is 1.82. The van der Waals surface area contributed by atoms with E-state index in [-0.39, 0.29) is 17.7 Å². The third-order valence-electron chi connectivity index (χ3n) is 1.56. The van der Waals surface area contributed by atoms with Crippen LogP contribution in [-0.4, -0.2) is 23.5 Å². The highest BCUT2D eigenvalue weighted by Gasteiger charge is 2.14. The maximum Gasteiger partial charge on any atom is 0.220 e. The molecule has 70 valence electrons. The van der Waals surface area contributed by atoms with Gasteiger partial charge in [-0.2, -0.15) is 12.6 Å². The van der Waals surface area contributed by atoms with Crippen molar-refractivity contribution in [3.8, 4) is 0 Å². The first-order valence-corrected chi connectivity index (χ1v) is 4.65. The van der Waals surface area contributed by atoms with E-state index in [0.29, 0.717) is 18.6 Å². The Hall–Kier alpha value is -0.510. The van der Waals surface area contributed by atoms with E-state index in [9.17, 15) is 9.59 Å². The van der Waals surface area contributed by atoms with E-state index < -0.39 is 0 Å². The minimum absolute atomic E-state index is 0.00847. The summed E-state index contributed by atoms with van der Waals surface area (Å²) in [5.74, 6) is 0.511. The van der Waals surface area contributed by atoms with Crippen molar-refractivity contribution in [3.05, 3.63) is 0 Å². The van der Waals surface area contributed by atoms with Crippen molar-refractivity contribution < 1.29 is 9.59 Å². The lowest BCUT2D eigenvalue weighted by Crippen LogP contribution is -2.39. The molecular weight excluding hydrogens is 174 g/mol. The van der Waals surface area contributed by atoms with Gasteiger partial charge in [0.2, 0.25) is 5.91 Å². The van der Waals surface area contributed by atoms with Crippen molar-refractivity contribution in [3.63, 3.8) is 0 Å². The monoisotopic (exact) mass is 189 g/mol. The second-order valence-corrected chi connectivity index (χ2v) is 3.04. The highest BCUT2D eigenvalue weighted by Crippen LogP contribution is 1.96. The molecule has 0 heterocycles. The fourth-order valence-corrected chi connectivity index (χ4v) is 1.06. The van der Waals surface area contributed by atoms with Gasteiger partial charge in [-0.1, -0.05) is 6.92 Å². The molecule has 0 aliphatic carbocycles. The summed E-state index contributed by atoms with van der Waals surface area (Å²) in [6, 6.07) is -0.352. The summed E-state index contributed by atoms with van der Waals surface area (Å²) in [7, 11) is 0. The van der Waals surface area contributed by atoms with E-state index in [1.54, 1.807) is 6.92 Å². The predicted molar refractivity (Wildman–Crippen MR) is 51.4 cm³/mol. The normalized spacial score (nSPS) is 12.2. The average molecular weight is 189 g/mol. The standard InChI is InChI=1S/C8H15NO2S/c1-3-8(11)9-7(4-5-12)6(2)10/h7,12H,3-5H2,1-2H3,(H,9,11)/t7-/m0/s1. The quantitative estimate of drug-likeness (QED) is 0.628. The van der Waals surface area contributed by atoms with E-state index in [1.165, 1.54) is 6.92 Å². The molecule has 0 aromatic rings. The van der Waals surface area contributed by atoms with Crippen LogP contribution in [0, 0.1) is 0 Å². The van der Waals surface area contributed by atoms with Crippen LogP contribution in [0.2, 0.25) is 0 Å². The van der Waals surface area contributed by atoms with Gasteiger partial charge in [-0.15, -0.1) is 0 Å². The summed E-state index contributed by atoms with van der Waals surface area (Å²) in [5.41, 5.74) is 0. The summed E-state index contributed by atoms with van der Waals surface area (Å²) in [6.07, 6.45) is 1.01. The zero-order valence-corrected chi connectivity index (χ0v) is 8.36. The van der Waals surface area contributed by atoms with Crippen molar-refractivity contribution in [2.75, 3.05) is 5.75 Å². The molecule has 0 radical (unpaired) electrons. The SMILES string of the molecule is CCC(=O)N[C@@H](CCS)C(C)=O. The first-order chi connectivity index (χ1) is 5.61. The van der Waals surface area contributed by atoms with Crippen molar-refractivity contribution in [1.82, 2.24) is 5.32 Å². The van der Waals surface area contributed by atoms with Crippen LogP contribution in [0.4, 0.5) is 0 Å². The van der Waals surface area contributed by atoms with Crippen LogP contribution < -0.4 is 5.32 Å². The second-order valence-electron chi connectivity index (χ2n) is 2.60. The number of hydrogen-bond donors (Lipinski definition) is 2. The lowest BCUT2D eigenvalue weighted by atomic mass is 10.1. The number of nitrogens with one attached hydrogen (secondary N) is 1. The largest absolute Gasteiger partial charge is 0.346 e. The van der Waals surface area contributed by atoms with Crippen LogP contribution in [0.25, 0.3) is 0 Å². The molecule has 1 atom stereocenters. The van der Waals surface area contributed by atoms with E-state index in [2.05, 4.69) is 17.9 Å². The third kappa shape index (κ3) is 4.38. The molecule has 3 nitrogen and oxygen atoms in total. The second kappa shape index (κ2) is 6.06. The van der Waals surface area contributed by atoms with Crippen molar-refractivity contribution in [1.29, 1.82) is 0 Å². The van der Waals surface area contributed by atoms with E-state index >= 15 is 0 Å². The molecule has 0 saturated carbocycles. The maximum absolute atomic E-state index is 10.9. The van der Waals surface area contributed by atoms with Crippen molar-refractivity contribution in [2.24, 2.45) is 0 Å². The van der Waals surface area contributed by atoms with Gasteiger partial charge < -0.3 is 5.32 Å². The maximum atomic E-state index is 10.9. The van der Waals surface area contributed by atoms with Crippen LogP contribution in [0.15, 0.2) is 0 Å². The molecule has 4 heteroatoms. The number of ketones is 1. The Bertz CT molecular complexity index is 168. The highest BCUT2D eigenvalue weighted by atomic mass is 32.1. The van der Waals surface area contributed by atoms with Gasteiger partial charge in [0, 0.05) is 6.42 Å². The number of hydrogen-bond acceptors (Lipinski definition) is 3. The molecule has 1 amide bonds. The minimum atomic E-state index is -0.352. The summed E-state index contributed by atoms with van der Waals surface area (Å²) < 4.78 is 0. The van der Waals surface area contributed by atoms with Gasteiger partial charge in [-0.05, 0) is 19.1 Å². The molecular formula is C8H15NO2S. The Labute approximate surface area is 78.3 Å². The van der Waals surface area contributed by atoms with Crippen molar-refractivity contribution >= 4 is 24.3 Å². The summed E-state index contributed by atoms with van der Waals surface area (Å²) >= 11 is 4.00. The molecule has 0 rings (SSSR count). The van der Waals surface area contributed by atoms with E-state index in [4.69, 9.17) is 0 Å². The fraction of sp³-hybridized carbons (Fsp3) is 0.750. The highest BCUT2D eigenvalue weighted by molar-refractivity contribution is 7.80. The van der Waals surface area contributed by atoms with Gasteiger partial charge in [-0.25, -0.2) is 0 Å². The molecule has 0 saturated heterocycles. The molecule has 0 aliphatic heterocycles. The molecule has 0 aromatic heterocycles. The first-order valence-electron chi connectivity index (χ1n) is 4.02. The van der Waals surface area contributed by atoms with E-state index in [1.807, 2.05) is 0 Å². The Kier molecular flexibility index (Phi) is 5.80. The zero-order chi connectivity index (χ0) is 9.56. The molecule has 0 spiro atoms. The first kappa shape index (κ1) is 11.5. The van der Waals surface area contributed by atoms with Crippen LogP contribution in [0.1, 0.15) is 26.7 Å². The fourth-order valence-electron chi connectivity index (χ4n) is 0.803. The van der Waals surface area contributed by atoms with Crippen LogP contribution in [0.3, 0.4) is 0 Å². The molecule has 1 N–H and O–H groups in total. The lowest BCUT2D eigenvalue weighted by Gasteiger charge is -2.13. The molecule has 0 fully saturated rings. The van der Waals surface area contributed by atoms with Gasteiger partial charge in [-0.3, -0.25) is 9.59 Å². The van der Waals surface area contributed by atoms with Gasteiger partial charge in [0.05, 0.1) is 6.04 Å². The number of thiol groups is 1. The predicted octanol–water partition coefficient (Wildman–Crippen LogP) is 0.790. The summed E-state index contributed by atoms with van der Waals surface area (Å²) in [6.45, 7) is 3.23. The Balaban J connectivity index is 3.95. The van der Waals surface area contributed by atoms with Gasteiger partial charge in [0.25, 0.3) is 0 Å². The van der Waals surface area contributed by atoms with Crippen molar-refractivity contribution in [2.45, 2.75) is 32.7 Å². The molecule has 0 aliphatic rings. The smallest absolute Gasteiger partial charge is 0.220 e. The summed E-state index contributed by atoms with van der Waals surface area (Å²) in [5, 5.41) is 2.63. The molecule has 0 unspecified atom stereocenters. The van der Waals surface area contributed by atoms with Gasteiger partial charge in [0.15, 0.2) is 5.78 Å². The van der Waals surface area contributed by atoms with Crippen LogP contribution in [-0.2, 0) is 9.59 Å².